The average Bonchev–Trinajstić information content (AvgIpc) is 2.77. The van der Waals surface area contributed by atoms with Crippen LogP contribution in [0.3, 0.4) is 0 Å². The van der Waals surface area contributed by atoms with Crippen LogP contribution in [0.2, 0.25) is 0 Å². The molecule has 0 bridgehead atoms. The second-order valence-corrected chi connectivity index (χ2v) is 4.09. The molecule has 0 aliphatic carbocycles. The summed E-state index contributed by atoms with van der Waals surface area (Å²) < 4.78 is 3.48. The second-order valence-electron chi connectivity index (χ2n) is 4.09. The van der Waals surface area contributed by atoms with Crippen molar-refractivity contribution in [2.75, 3.05) is 5.73 Å². The first-order valence-corrected chi connectivity index (χ1v) is 5.61. The van der Waals surface area contributed by atoms with Crippen LogP contribution in [0.25, 0.3) is 5.65 Å². The summed E-state index contributed by atoms with van der Waals surface area (Å²) in [5, 5.41) is 0. The fraction of sp³-hybridized carbons (Fsp3) is 0.0769. The minimum Gasteiger partial charge on any atom is -0.394 e. The third kappa shape index (κ3) is 1.75. The second kappa shape index (κ2) is 4.03. The maximum atomic E-state index is 11.8. The molecule has 2 N–H and O–H groups in total. The Bertz CT molecular complexity index is 724. The van der Waals surface area contributed by atoms with E-state index >= 15 is 0 Å². The normalized spacial score (nSPS) is 10.9. The van der Waals surface area contributed by atoms with E-state index in [0.29, 0.717) is 6.54 Å². The van der Waals surface area contributed by atoms with Crippen molar-refractivity contribution < 1.29 is 0 Å². The van der Waals surface area contributed by atoms with Gasteiger partial charge in [-0.1, -0.05) is 6.07 Å². The quantitative estimate of drug-likeness (QED) is 0.730. The topological polar surface area (TPSA) is 65.3 Å². The Labute approximate surface area is 103 Å². The number of nitrogens with zero attached hydrogens (tertiary/aromatic N) is 3. The van der Waals surface area contributed by atoms with Crippen molar-refractivity contribution in [1.29, 1.82) is 0 Å². The minimum absolute atomic E-state index is 0.186. The number of nitrogen functional groups attached to an aromatic ring is 1. The highest BCUT2D eigenvalue weighted by Crippen LogP contribution is 2.05. The first kappa shape index (κ1) is 10.6. The van der Waals surface area contributed by atoms with Crippen molar-refractivity contribution >= 4 is 11.3 Å². The van der Waals surface area contributed by atoms with Gasteiger partial charge in [0.2, 0.25) is 0 Å². The van der Waals surface area contributed by atoms with E-state index in [1.165, 1.54) is 0 Å². The number of hydrogen-bond acceptors (Lipinski definition) is 3. The van der Waals surface area contributed by atoms with Gasteiger partial charge in [0.25, 0.3) is 5.56 Å². The fourth-order valence-corrected chi connectivity index (χ4v) is 1.92. The number of imidazole rings is 1. The van der Waals surface area contributed by atoms with Crippen molar-refractivity contribution in [3.05, 3.63) is 65.0 Å². The molecule has 5 nitrogen and oxygen atoms in total. The Kier molecular flexibility index (Phi) is 2.37. The molecule has 0 saturated carbocycles. The number of pyridine rings is 2. The van der Waals surface area contributed by atoms with Gasteiger partial charge in [-0.05, 0) is 24.3 Å². The molecule has 0 fully saturated rings. The summed E-state index contributed by atoms with van der Waals surface area (Å²) in [5.74, 6) is 0. The Hall–Kier alpha value is -2.56. The van der Waals surface area contributed by atoms with E-state index in [1.807, 2.05) is 35.0 Å². The number of hydrogen-bond donors (Lipinski definition) is 1. The molecule has 0 aliphatic rings. The lowest BCUT2D eigenvalue weighted by Crippen LogP contribution is -2.22. The van der Waals surface area contributed by atoms with E-state index in [2.05, 4.69) is 4.98 Å². The Balaban J connectivity index is 2.01. The molecule has 0 aliphatic heterocycles. The van der Waals surface area contributed by atoms with Gasteiger partial charge < -0.3 is 14.7 Å². The van der Waals surface area contributed by atoms with Gasteiger partial charge >= 0.3 is 0 Å². The number of nitrogens with two attached hydrogens (primary N) is 1. The van der Waals surface area contributed by atoms with Gasteiger partial charge in [0.05, 0.1) is 17.9 Å². The van der Waals surface area contributed by atoms with Gasteiger partial charge in [-0.2, -0.15) is 0 Å². The molecule has 3 rings (SSSR count). The van der Waals surface area contributed by atoms with Gasteiger partial charge in [-0.15, -0.1) is 0 Å². The standard InChI is InChI=1S/C13H12N4O/c14-11-4-3-7-17(13(11)18)9-10-8-16-6-2-1-5-12(16)15-10/h1-8H,9,14H2. The number of anilines is 1. The summed E-state index contributed by atoms with van der Waals surface area (Å²) in [7, 11) is 0. The number of fused-ring (bicyclic) bond motifs is 1. The smallest absolute Gasteiger partial charge is 0.274 e. The third-order valence-corrected chi connectivity index (χ3v) is 2.80. The van der Waals surface area contributed by atoms with Crippen molar-refractivity contribution in [3.8, 4) is 0 Å². The van der Waals surface area contributed by atoms with Gasteiger partial charge in [0, 0.05) is 18.6 Å². The van der Waals surface area contributed by atoms with Gasteiger partial charge in [0.15, 0.2) is 0 Å². The predicted molar refractivity (Wildman–Crippen MR) is 69.4 cm³/mol. The number of aromatic nitrogens is 3. The molecule has 0 atom stereocenters. The molecule has 0 aromatic carbocycles. The van der Waals surface area contributed by atoms with Crippen LogP contribution >= 0.6 is 0 Å². The van der Waals surface area contributed by atoms with Crippen LogP contribution < -0.4 is 11.3 Å². The monoisotopic (exact) mass is 240 g/mol. The lowest BCUT2D eigenvalue weighted by molar-refractivity contribution is 0.747. The van der Waals surface area contributed by atoms with Gasteiger partial charge in [-0.3, -0.25) is 4.79 Å². The summed E-state index contributed by atoms with van der Waals surface area (Å²) >= 11 is 0. The van der Waals surface area contributed by atoms with Gasteiger partial charge in [-0.25, -0.2) is 4.98 Å². The van der Waals surface area contributed by atoms with E-state index in [9.17, 15) is 4.79 Å². The molecule has 18 heavy (non-hydrogen) atoms. The van der Waals surface area contributed by atoms with E-state index in [4.69, 9.17) is 5.73 Å². The van der Waals surface area contributed by atoms with Gasteiger partial charge in [0.1, 0.15) is 5.65 Å². The Morgan fingerprint density at radius 2 is 2.06 bits per heavy atom. The average molecular weight is 240 g/mol. The van der Waals surface area contributed by atoms with Crippen molar-refractivity contribution in [3.63, 3.8) is 0 Å². The largest absolute Gasteiger partial charge is 0.394 e. The van der Waals surface area contributed by atoms with E-state index in [-0.39, 0.29) is 11.2 Å². The molecule has 0 unspecified atom stereocenters. The minimum atomic E-state index is -0.186. The molecule has 0 spiro atoms. The maximum Gasteiger partial charge on any atom is 0.274 e. The third-order valence-electron chi connectivity index (χ3n) is 2.80. The summed E-state index contributed by atoms with van der Waals surface area (Å²) in [6.07, 6.45) is 5.54. The first-order valence-electron chi connectivity index (χ1n) is 5.61. The lowest BCUT2D eigenvalue weighted by Gasteiger charge is -2.03. The maximum absolute atomic E-state index is 11.8. The summed E-state index contributed by atoms with van der Waals surface area (Å²) in [6.45, 7) is 0.422. The van der Waals surface area contributed by atoms with Crippen LogP contribution in [0.1, 0.15) is 5.69 Å². The van der Waals surface area contributed by atoms with Crippen LogP contribution in [0.15, 0.2) is 53.7 Å². The zero-order valence-corrected chi connectivity index (χ0v) is 9.65. The van der Waals surface area contributed by atoms with Crippen molar-refractivity contribution in [1.82, 2.24) is 14.0 Å². The molecule has 5 heteroatoms. The van der Waals surface area contributed by atoms with E-state index in [1.54, 1.807) is 22.9 Å². The van der Waals surface area contributed by atoms with Crippen molar-refractivity contribution in [2.24, 2.45) is 0 Å². The number of rotatable bonds is 2. The van der Waals surface area contributed by atoms with Crippen LogP contribution in [0, 0.1) is 0 Å². The van der Waals surface area contributed by atoms with Crippen LogP contribution in [0.4, 0.5) is 5.69 Å². The van der Waals surface area contributed by atoms with Crippen LogP contribution in [-0.2, 0) is 6.54 Å². The summed E-state index contributed by atoms with van der Waals surface area (Å²) in [4.78, 5) is 16.2. The zero-order valence-electron chi connectivity index (χ0n) is 9.65. The summed E-state index contributed by atoms with van der Waals surface area (Å²) in [6, 6.07) is 9.14. The predicted octanol–water partition coefficient (Wildman–Crippen LogP) is 1.13. The Morgan fingerprint density at radius 1 is 1.17 bits per heavy atom. The van der Waals surface area contributed by atoms with Crippen LogP contribution in [0.5, 0.6) is 0 Å². The van der Waals surface area contributed by atoms with E-state index in [0.717, 1.165) is 11.3 Å². The lowest BCUT2D eigenvalue weighted by atomic mass is 10.4. The van der Waals surface area contributed by atoms with Crippen LogP contribution in [-0.4, -0.2) is 14.0 Å². The molecular weight excluding hydrogens is 228 g/mol. The SMILES string of the molecule is Nc1cccn(Cc2cn3ccccc3n2)c1=O. The van der Waals surface area contributed by atoms with E-state index < -0.39 is 0 Å². The highest BCUT2D eigenvalue weighted by atomic mass is 16.1. The highest BCUT2D eigenvalue weighted by Gasteiger charge is 2.04. The first-order chi connectivity index (χ1) is 8.74. The molecule has 0 radical (unpaired) electrons. The molecule has 90 valence electrons. The molecule has 3 aromatic rings. The molecular formula is C13H12N4O. The Morgan fingerprint density at radius 3 is 2.89 bits per heavy atom. The fourth-order valence-electron chi connectivity index (χ4n) is 1.92. The molecule has 3 heterocycles. The van der Waals surface area contributed by atoms with Crippen molar-refractivity contribution in [2.45, 2.75) is 6.54 Å². The summed E-state index contributed by atoms with van der Waals surface area (Å²) in [5.41, 5.74) is 7.35. The zero-order chi connectivity index (χ0) is 12.5. The molecule has 0 amide bonds. The molecule has 3 aromatic heterocycles. The highest BCUT2D eigenvalue weighted by molar-refractivity contribution is 5.39. The molecule has 0 saturated heterocycles.